The number of rotatable bonds is 4. The average Bonchev–Trinajstić information content (AvgIpc) is 2.41. The summed E-state index contributed by atoms with van der Waals surface area (Å²) in [4.78, 5) is 11.1. The quantitative estimate of drug-likeness (QED) is 0.622. The highest BCUT2D eigenvalue weighted by atomic mass is 19.4. The molecule has 1 unspecified atom stereocenters. The Labute approximate surface area is 120 Å². The van der Waals surface area contributed by atoms with Crippen LogP contribution in [0, 0.1) is 11.3 Å². The number of halogens is 3. The average molecular weight is 297 g/mol. The highest BCUT2D eigenvalue weighted by Gasteiger charge is 2.33. The lowest BCUT2D eigenvalue weighted by Crippen LogP contribution is -2.14. The summed E-state index contributed by atoms with van der Waals surface area (Å²) in [7, 11) is 0. The summed E-state index contributed by atoms with van der Waals surface area (Å²) in [5.41, 5.74) is -0.0200. The second kappa shape index (κ2) is 6.93. The number of nitrogens with zero attached hydrogens (tertiary/aromatic N) is 1. The summed E-state index contributed by atoms with van der Waals surface area (Å²) < 4.78 is 43.3. The van der Waals surface area contributed by atoms with Gasteiger partial charge in [-0.2, -0.15) is 18.4 Å². The molecule has 0 spiro atoms. The van der Waals surface area contributed by atoms with Crippen molar-refractivity contribution in [2.75, 3.05) is 0 Å². The third kappa shape index (κ3) is 4.95. The number of benzene rings is 1. The summed E-state index contributed by atoms with van der Waals surface area (Å²) in [6.45, 7) is 2.51. The van der Waals surface area contributed by atoms with Gasteiger partial charge in [-0.05, 0) is 30.2 Å². The Morgan fingerprint density at radius 1 is 1.38 bits per heavy atom. The van der Waals surface area contributed by atoms with Gasteiger partial charge in [-0.1, -0.05) is 19.1 Å². The molecule has 0 saturated carbocycles. The Morgan fingerprint density at radius 3 is 2.33 bits per heavy atom. The zero-order valence-electron chi connectivity index (χ0n) is 11.6. The second-order valence-corrected chi connectivity index (χ2v) is 4.31. The van der Waals surface area contributed by atoms with Crippen molar-refractivity contribution in [3.05, 3.63) is 47.0 Å². The summed E-state index contributed by atoms with van der Waals surface area (Å²) in [5, 5.41) is 8.71. The first kappa shape index (κ1) is 16.8. The van der Waals surface area contributed by atoms with Crippen LogP contribution in [0.1, 0.15) is 37.5 Å². The summed E-state index contributed by atoms with van der Waals surface area (Å²) >= 11 is 0. The van der Waals surface area contributed by atoms with Crippen LogP contribution in [0.15, 0.2) is 35.9 Å². The van der Waals surface area contributed by atoms with Crippen LogP contribution in [-0.4, -0.2) is 12.1 Å². The molecule has 3 nitrogen and oxygen atoms in total. The summed E-state index contributed by atoms with van der Waals surface area (Å²) in [6.07, 6.45) is -4.94. The maximum atomic E-state index is 12.8. The first-order valence-electron chi connectivity index (χ1n) is 6.23. The predicted octanol–water partition coefficient (Wildman–Crippen LogP) is 4.06. The minimum absolute atomic E-state index is 0.225. The fraction of sp³-hybridized carbons (Fsp3) is 0.333. The van der Waals surface area contributed by atoms with Crippen LogP contribution >= 0.6 is 0 Å². The van der Waals surface area contributed by atoms with Gasteiger partial charge in [-0.15, -0.1) is 0 Å². The minimum atomic E-state index is -4.47. The normalized spacial score (nSPS) is 13.4. The number of allylic oxidation sites excluding steroid dienone is 1. The van der Waals surface area contributed by atoms with E-state index in [1.807, 2.05) is 6.07 Å². The smallest absolute Gasteiger partial charge is 0.412 e. The molecule has 1 aromatic carbocycles. The van der Waals surface area contributed by atoms with Gasteiger partial charge in [0.2, 0.25) is 0 Å². The van der Waals surface area contributed by atoms with E-state index in [2.05, 4.69) is 0 Å². The van der Waals surface area contributed by atoms with Crippen molar-refractivity contribution in [3.8, 4) is 6.07 Å². The van der Waals surface area contributed by atoms with E-state index in [-0.39, 0.29) is 6.42 Å². The SMILES string of the molecule is CC/C(=C\C(OC(C)=O)c1ccc(C#N)cc1)C(F)(F)F. The molecule has 0 aliphatic rings. The lowest BCUT2D eigenvalue weighted by atomic mass is 10.0. The number of ether oxygens (including phenoxy) is 1. The summed E-state index contributed by atoms with van der Waals surface area (Å²) in [5.74, 6) is -0.682. The molecule has 0 aliphatic carbocycles. The third-order valence-corrected chi connectivity index (χ3v) is 2.76. The number of carbonyl (C=O) groups excluding carboxylic acids is 1. The van der Waals surface area contributed by atoms with Gasteiger partial charge < -0.3 is 4.74 Å². The Balaban J connectivity index is 3.19. The molecule has 0 fully saturated rings. The van der Waals surface area contributed by atoms with Crippen LogP contribution in [0.5, 0.6) is 0 Å². The van der Waals surface area contributed by atoms with Crippen LogP contribution in [0.3, 0.4) is 0 Å². The number of carbonyl (C=O) groups is 1. The zero-order chi connectivity index (χ0) is 16.0. The van der Waals surface area contributed by atoms with E-state index >= 15 is 0 Å². The van der Waals surface area contributed by atoms with Crippen molar-refractivity contribution >= 4 is 5.97 Å². The van der Waals surface area contributed by atoms with Gasteiger partial charge >= 0.3 is 12.1 Å². The highest BCUT2D eigenvalue weighted by Crippen LogP contribution is 2.32. The van der Waals surface area contributed by atoms with E-state index in [1.165, 1.54) is 31.2 Å². The molecule has 0 aliphatic heterocycles. The van der Waals surface area contributed by atoms with Crippen LogP contribution in [0.2, 0.25) is 0 Å². The summed E-state index contributed by atoms with van der Waals surface area (Å²) in [6, 6.07) is 7.75. The van der Waals surface area contributed by atoms with Crippen molar-refractivity contribution in [1.29, 1.82) is 5.26 Å². The van der Waals surface area contributed by atoms with Gasteiger partial charge in [0.15, 0.2) is 0 Å². The molecule has 1 aromatic rings. The van der Waals surface area contributed by atoms with E-state index in [0.717, 1.165) is 13.0 Å². The highest BCUT2D eigenvalue weighted by molar-refractivity contribution is 5.66. The van der Waals surface area contributed by atoms with Crippen LogP contribution in [0.25, 0.3) is 0 Å². The molecular weight excluding hydrogens is 283 g/mol. The molecule has 6 heteroatoms. The first-order valence-corrected chi connectivity index (χ1v) is 6.23. The van der Waals surface area contributed by atoms with Gasteiger partial charge in [-0.3, -0.25) is 4.79 Å². The van der Waals surface area contributed by atoms with Gasteiger partial charge in [-0.25, -0.2) is 0 Å². The second-order valence-electron chi connectivity index (χ2n) is 4.31. The predicted molar refractivity (Wildman–Crippen MR) is 70.1 cm³/mol. The fourth-order valence-electron chi connectivity index (χ4n) is 1.72. The van der Waals surface area contributed by atoms with E-state index in [0.29, 0.717) is 11.1 Å². The number of alkyl halides is 3. The Morgan fingerprint density at radius 2 is 1.95 bits per heavy atom. The fourth-order valence-corrected chi connectivity index (χ4v) is 1.72. The van der Waals surface area contributed by atoms with E-state index in [1.54, 1.807) is 0 Å². The van der Waals surface area contributed by atoms with Gasteiger partial charge in [0.1, 0.15) is 6.10 Å². The lowest BCUT2D eigenvalue weighted by Gasteiger charge is -2.17. The van der Waals surface area contributed by atoms with Crippen molar-refractivity contribution in [1.82, 2.24) is 0 Å². The Kier molecular flexibility index (Phi) is 5.53. The molecule has 1 atom stereocenters. The van der Waals surface area contributed by atoms with Crippen molar-refractivity contribution in [3.63, 3.8) is 0 Å². The minimum Gasteiger partial charge on any atom is -0.453 e. The molecule has 0 N–H and O–H groups in total. The number of hydrogen-bond acceptors (Lipinski definition) is 3. The number of hydrogen-bond donors (Lipinski definition) is 0. The zero-order valence-corrected chi connectivity index (χ0v) is 11.6. The number of esters is 1. The maximum Gasteiger partial charge on any atom is 0.412 e. The van der Waals surface area contributed by atoms with Crippen LogP contribution in [0.4, 0.5) is 13.2 Å². The topological polar surface area (TPSA) is 50.1 Å². The maximum absolute atomic E-state index is 12.8. The third-order valence-electron chi connectivity index (χ3n) is 2.76. The Hall–Kier alpha value is -2.29. The van der Waals surface area contributed by atoms with E-state index in [9.17, 15) is 18.0 Å². The number of nitriles is 1. The molecule has 21 heavy (non-hydrogen) atoms. The van der Waals surface area contributed by atoms with Gasteiger partial charge in [0.25, 0.3) is 0 Å². The molecule has 0 radical (unpaired) electrons. The molecule has 0 saturated heterocycles. The largest absolute Gasteiger partial charge is 0.453 e. The molecule has 0 bridgehead atoms. The molecule has 0 amide bonds. The van der Waals surface area contributed by atoms with Crippen LogP contribution < -0.4 is 0 Å². The molecule has 0 heterocycles. The van der Waals surface area contributed by atoms with Crippen molar-refractivity contribution in [2.24, 2.45) is 0 Å². The first-order chi connectivity index (χ1) is 9.77. The van der Waals surface area contributed by atoms with Crippen molar-refractivity contribution in [2.45, 2.75) is 32.5 Å². The van der Waals surface area contributed by atoms with E-state index in [4.69, 9.17) is 10.00 Å². The van der Waals surface area contributed by atoms with Gasteiger partial charge in [0.05, 0.1) is 11.6 Å². The molecule has 112 valence electrons. The van der Waals surface area contributed by atoms with E-state index < -0.39 is 23.8 Å². The lowest BCUT2D eigenvalue weighted by molar-refractivity contribution is -0.144. The molecular formula is C15H14F3NO2. The van der Waals surface area contributed by atoms with Crippen LogP contribution in [-0.2, 0) is 9.53 Å². The Bertz CT molecular complexity index is 568. The van der Waals surface area contributed by atoms with Crippen molar-refractivity contribution < 1.29 is 22.7 Å². The molecule has 0 aromatic heterocycles. The monoisotopic (exact) mass is 297 g/mol. The standard InChI is InChI=1S/C15H14F3NO2/c1-3-13(15(16,17)18)8-14(21-10(2)20)12-6-4-11(9-19)5-7-12/h4-8,14H,3H2,1-2H3/b13-8+. The van der Waals surface area contributed by atoms with Gasteiger partial charge in [0, 0.05) is 12.5 Å². The molecule has 1 rings (SSSR count).